The average Bonchev–Trinajstić information content (AvgIpc) is 3.39. The maximum atomic E-state index is 14.3. The number of amides is 1. The van der Waals surface area contributed by atoms with Gasteiger partial charge in [-0.05, 0) is 28.6 Å². The van der Waals surface area contributed by atoms with E-state index in [9.17, 15) is 13.6 Å². The maximum Gasteiger partial charge on any atom is 0.228 e. The standard InChI is InChI=1S/C22H20F2N8O2/c23-19-7-20(24)18(5-14(19)8-25)21-11-30-3-4-31(10-17(30)12-34-21)22(33)6-15-1-2-16(9-26-15)32-13-27-28-29-32/h1-2,5,7,9,13,17,21H,3-4,6,10-12H2. The molecule has 1 amide bonds. The fourth-order valence-corrected chi connectivity index (χ4v) is 4.30. The van der Waals surface area contributed by atoms with Gasteiger partial charge in [0.05, 0.1) is 42.6 Å². The van der Waals surface area contributed by atoms with Crippen molar-refractivity contribution in [2.24, 2.45) is 0 Å². The summed E-state index contributed by atoms with van der Waals surface area (Å²) < 4.78 is 35.3. The lowest BCUT2D eigenvalue weighted by atomic mass is 10.0. The second kappa shape index (κ2) is 9.20. The number of ether oxygens (including phenoxy) is 1. The second-order valence-corrected chi connectivity index (χ2v) is 8.21. The molecule has 0 saturated carbocycles. The van der Waals surface area contributed by atoms with Crippen molar-refractivity contribution in [3.05, 3.63) is 65.2 Å². The molecule has 2 aromatic heterocycles. The van der Waals surface area contributed by atoms with Crippen LogP contribution >= 0.6 is 0 Å². The van der Waals surface area contributed by atoms with Gasteiger partial charge in [-0.25, -0.2) is 8.78 Å². The van der Waals surface area contributed by atoms with Crippen molar-refractivity contribution in [1.82, 2.24) is 35.0 Å². The zero-order chi connectivity index (χ0) is 23.7. The first-order valence-corrected chi connectivity index (χ1v) is 10.7. The summed E-state index contributed by atoms with van der Waals surface area (Å²) >= 11 is 0. The number of hydrogen-bond acceptors (Lipinski definition) is 8. The predicted molar refractivity (Wildman–Crippen MR) is 112 cm³/mol. The molecule has 34 heavy (non-hydrogen) atoms. The molecule has 5 rings (SSSR count). The third-order valence-corrected chi connectivity index (χ3v) is 6.16. The molecule has 2 fully saturated rings. The van der Waals surface area contributed by atoms with Crippen molar-refractivity contribution in [3.8, 4) is 11.8 Å². The number of carbonyl (C=O) groups is 1. The van der Waals surface area contributed by atoms with Crippen molar-refractivity contribution >= 4 is 5.91 Å². The van der Waals surface area contributed by atoms with Crippen molar-refractivity contribution in [2.45, 2.75) is 18.6 Å². The first-order chi connectivity index (χ1) is 16.5. The number of halogens is 2. The van der Waals surface area contributed by atoms with Gasteiger partial charge in [-0.1, -0.05) is 0 Å². The molecule has 174 valence electrons. The summed E-state index contributed by atoms with van der Waals surface area (Å²) in [6.07, 6.45) is 2.64. The highest BCUT2D eigenvalue weighted by Crippen LogP contribution is 2.30. The SMILES string of the molecule is N#Cc1cc(C2CN3CCN(C(=O)Cc4ccc(-n5cnnn5)cn4)CC3CO2)c(F)cc1F. The topological polar surface area (TPSA) is 113 Å². The molecule has 2 saturated heterocycles. The lowest BCUT2D eigenvalue weighted by molar-refractivity contribution is -0.139. The van der Waals surface area contributed by atoms with Crippen molar-refractivity contribution in [3.63, 3.8) is 0 Å². The summed E-state index contributed by atoms with van der Waals surface area (Å²) in [6.45, 7) is 2.33. The van der Waals surface area contributed by atoms with E-state index < -0.39 is 17.7 Å². The Bertz CT molecular complexity index is 1230. The monoisotopic (exact) mass is 466 g/mol. The van der Waals surface area contributed by atoms with Gasteiger partial charge in [0.25, 0.3) is 0 Å². The number of fused-ring (bicyclic) bond motifs is 1. The van der Waals surface area contributed by atoms with Gasteiger partial charge < -0.3 is 9.64 Å². The van der Waals surface area contributed by atoms with Crippen LogP contribution in [0.2, 0.25) is 0 Å². The Labute approximate surface area is 193 Å². The van der Waals surface area contributed by atoms with Gasteiger partial charge in [0.1, 0.15) is 24.0 Å². The van der Waals surface area contributed by atoms with Crippen LogP contribution in [0.5, 0.6) is 0 Å². The third kappa shape index (κ3) is 4.35. The van der Waals surface area contributed by atoms with Crippen LogP contribution < -0.4 is 0 Å². The Kier molecular flexibility index (Phi) is 5.95. The fraction of sp³-hybridized carbons (Fsp3) is 0.364. The minimum absolute atomic E-state index is 0.0250. The molecule has 12 heteroatoms. The molecule has 3 aromatic rings. The molecule has 1 aromatic carbocycles. The summed E-state index contributed by atoms with van der Waals surface area (Å²) in [5.74, 6) is -1.65. The van der Waals surface area contributed by atoms with E-state index in [1.807, 2.05) is 0 Å². The molecule has 4 heterocycles. The summed E-state index contributed by atoms with van der Waals surface area (Å²) in [7, 11) is 0. The molecule has 2 atom stereocenters. The fourth-order valence-electron chi connectivity index (χ4n) is 4.30. The molecule has 2 aliphatic rings. The van der Waals surface area contributed by atoms with Crippen LogP contribution in [0.4, 0.5) is 8.78 Å². The van der Waals surface area contributed by atoms with Crippen LogP contribution in [0.3, 0.4) is 0 Å². The van der Waals surface area contributed by atoms with Gasteiger partial charge in [-0.2, -0.15) is 9.94 Å². The van der Waals surface area contributed by atoms with Gasteiger partial charge in [0.15, 0.2) is 0 Å². The number of piperazine rings is 1. The molecule has 0 aliphatic carbocycles. The Hall–Kier alpha value is -3.82. The van der Waals surface area contributed by atoms with E-state index in [1.54, 1.807) is 29.3 Å². The third-order valence-electron chi connectivity index (χ3n) is 6.16. The van der Waals surface area contributed by atoms with Gasteiger partial charge in [0, 0.05) is 43.5 Å². The quantitative estimate of drug-likeness (QED) is 0.561. The zero-order valence-electron chi connectivity index (χ0n) is 18.0. The largest absolute Gasteiger partial charge is 0.370 e. The summed E-state index contributed by atoms with van der Waals surface area (Å²) in [6, 6.07) is 7.22. The van der Waals surface area contributed by atoms with E-state index in [0.29, 0.717) is 44.2 Å². The Balaban J connectivity index is 1.19. The molecule has 0 radical (unpaired) electrons. The molecular formula is C22H20F2N8O2. The van der Waals surface area contributed by atoms with E-state index in [-0.39, 0.29) is 29.5 Å². The molecule has 10 nitrogen and oxygen atoms in total. The van der Waals surface area contributed by atoms with Crippen molar-refractivity contribution < 1.29 is 18.3 Å². The van der Waals surface area contributed by atoms with E-state index in [0.717, 1.165) is 6.07 Å². The smallest absolute Gasteiger partial charge is 0.228 e. The van der Waals surface area contributed by atoms with Gasteiger partial charge in [-0.3, -0.25) is 14.7 Å². The number of benzene rings is 1. The predicted octanol–water partition coefficient (Wildman–Crippen LogP) is 1.03. The minimum Gasteiger partial charge on any atom is -0.370 e. The number of nitrogens with zero attached hydrogens (tertiary/aromatic N) is 8. The van der Waals surface area contributed by atoms with Crippen molar-refractivity contribution in [1.29, 1.82) is 5.26 Å². The van der Waals surface area contributed by atoms with E-state index in [1.165, 1.54) is 17.1 Å². The summed E-state index contributed by atoms with van der Waals surface area (Å²) in [5, 5.41) is 20.0. The number of morpholine rings is 1. The summed E-state index contributed by atoms with van der Waals surface area (Å²) in [4.78, 5) is 21.1. The van der Waals surface area contributed by atoms with Crippen LogP contribution in [-0.4, -0.2) is 79.7 Å². The van der Waals surface area contributed by atoms with E-state index in [4.69, 9.17) is 10.00 Å². The summed E-state index contributed by atoms with van der Waals surface area (Å²) in [5.41, 5.74) is 1.30. The van der Waals surface area contributed by atoms with Gasteiger partial charge in [0.2, 0.25) is 5.91 Å². The molecule has 2 unspecified atom stereocenters. The average molecular weight is 466 g/mol. The number of nitriles is 1. The molecule has 0 spiro atoms. The number of carbonyl (C=O) groups excluding carboxylic acids is 1. The highest BCUT2D eigenvalue weighted by atomic mass is 19.1. The zero-order valence-corrected chi connectivity index (χ0v) is 18.0. The van der Waals surface area contributed by atoms with Crippen LogP contribution in [0.1, 0.15) is 22.9 Å². The number of pyridine rings is 1. The first kappa shape index (κ1) is 22.0. The Morgan fingerprint density at radius 1 is 1.21 bits per heavy atom. The highest BCUT2D eigenvalue weighted by Gasteiger charge is 2.36. The Morgan fingerprint density at radius 3 is 2.82 bits per heavy atom. The molecular weight excluding hydrogens is 446 g/mol. The van der Waals surface area contributed by atoms with Crippen LogP contribution in [0, 0.1) is 23.0 Å². The maximum absolute atomic E-state index is 14.3. The lowest BCUT2D eigenvalue weighted by Crippen LogP contribution is -2.59. The molecule has 0 N–H and O–H groups in total. The van der Waals surface area contributed by atoms with Crippen molar-refractivity contribution in [2.75, 3.05) is 32.8 Å². The van der Waals surface area contributed by atoms with E-state index >= 15 is 0 Å². The lowest BCUT2D eigenvalue weighted by Gasteiger charge is -2.46. The number of hydrogen-bond donors (Lipinski definition) is 0. The number of aromatic nitrogens is 5. The Morgan fingerprint density at radius 2 is 2.09 bits per heavy atom. The highest BCUT2D eigenvalue weighted by molar-refractivity contribution is 5.78. The van der Waals surface area contributed by atoms with Gasteiger partial charge in [-0.15, -0.1) is 5.10 Å². The molecule has 2 aliphatic heterocycles. The van der Waals surface area contributed by atoms with E-state index in [2.05, 4.69) is 25.4 Å². The van der Waals surface area contributed by atoms with Crippen LogP contribution in [0.25, 0.3) is 5.69 Å². The normalized spacial score (nSPS) is 20.6. The number of rotatable bonds is 4. The van der Waals surface area contributed by atoms with Crippen LogP contribution in [0.15, 0.2) is 36.8 Å². The van der Waals surface area contributed by atoms with Gasteiger partial charge >= 0.3 is 0 Å². The minimum atomic E-state index is -0.885. The number of tetrazole rings is 1. The molecule has 0 bridgehead atoms. The first-order valence-electron chi connectivity index (χ1n) is 10.7. The second-order valence-electron chi connectivity index (χ2n) is 8.21. The van der Waals surface area contributed by atoms with Crippen LogP contribution in [-0.2, 0) is 16.0 Å².